The highest BCUT2D eigenvalue weighted by molar-refractivity contribution is 5.70. The first-order valence-electron chi connectivity index (χ1n) is 17.8. The lowest BCUT2D eigenvalue weighted by molar-refractivity contribution is -0.312. The topological polar surface area (TPSA) is 280 Å². The average molecular weight is 848 g/mol. The molecule has 0 amide bonds. The number of rotatable bonds is 16. The van der Waals surface area contributed by atoms with Gasteiger partial charge in [-0.1, -0.05) is 0 Å². The van der Waals surface area contributed by atoms with Crippen LogP contribution < -0.4 is 0 Å². The van der Waals surface area contributed by atoms with E-state index >= 15 is 4.39 Å². The second-order valence-electron chi connectivity index (χ2n) is 13.1. The number of pyridine rings is 1. The number of esters is 8. The highest BCUT2D eigenvalue weighted by Gasteiger charge is 2.54. The molecule has 1 N–H and O–H groups in total. The fourth-order valence-electron chi connectivity index (χ4n) is 6.03. The second-order valence-corrected chi connectivity index (χ2v) is 13.1. The van der Waals surface area contributed by atoms with E-state index in [4.69, 9.17) is 56.8 Å². The normalized spacial score (nSPS) is 26.3. The summed E-state index contributed by atoms with van der Waals surface area (Å²) in [6.45, 7) is 6.67. The van der Waals surface area contributed by atoms with Crippen molar-refractivity contribution in [2.75, 3.05) is 13.2 Å². The van der Waals surface area contributed by atoms with Crippen LogP contribution in [0, 0.1) is 12.9 Å². The van der Waals surface area contributed by atoms with Crippen LogP contribution in [-0.2, 0) is 108 Å². The highest BCUT2D eigenvalue weighted by Crippen LogP contribution is 2.35. The second kappa shape index (κ2) is 21.5. The zero-order valence-corrected chi connectivity index (χ0v) is 33.5. The van der Waals surface area contributed by atoms with Crippen molar-refractivity contribution in [2.45, 2.75) is 137 Å². The molecule has 23 heteroatoms. The predicted molar refractivity (Wildman–Crippen MR) is 184 cm³/mol. The van der Waals surface area contributed by atoms with Crippen LogP contribution in [0.25, 0.3) is 0 Å². The van der Waals surface area contributed by atoms with Gasteiger partial charge in [0.05, 0.1) is 18.9 Å². The summed E-state index contributed by atoms with van der Waals surface area (Å²) in [4.78, 5) is 100. The first-order valence-corrected chi connectivity index (χ1v) is 17.8. The van der Waals surface area contributed by atoms with Crippen molar-refractivity contribution in [1.29, 1.82) is 0 Å². The average Bonchev–Trinajstić information content (AvgIpc) is 3.10. The first kappa shape index (κ1) is 47.9. The number of aryl methyl sites for hydroxylation is 1. The molecule has 2 aliphatic rings. The van der Waals surface area contributed by atoms with Crippen LogP contribution in [0.15, 0.2) is 0 Å². The summed E-state index contributed by atoms with van der Waals surface area (Å²) in [5.41, 5.74) is -1.07. The van der Waals surface area contributed by atoms with E-state index in [2.05, 4.69) is 4.98 Å². The van der Waals surface area contributed by atoms with Gasteiger partial charge < -0.3 is 61.9 Å². The van der Waals surface area contributed by atoms with Crippen LogP contribution in [-0.4, -0.2) is 132 Å². The highest BCUT2D eigenvalue weighted by atomic mass is 19.1. The van der Waals surface area contributed by atoms with Gasteiger partial charge in [-0.05, 0) is 6.92 Å². The Labute approximate surface area is 336 Å². The molecule has 2 fully saturated rings. The van der Waals surface area contributed by atoms with E-state index in [0.29, 0.717) is 0 Å². The van der Waals surface area contributed by atoms with Gasteiger partial charge in [-0.2, -0.15) is 4.39 Å². The molecule has 0 radical (unpaired) electrons. The molecule has 10 atom stereocenters. The van der Waals surface area contributed by atoms with Gasteiger partial charge in [0, 0.05) is 66.5 Å². The van der Waals surface area contributed by atoms with E-state index in [1.54, 1.807) is 0 Å². The Morgan fingerprint density at radius 1 is 0.525 bits per heavy atom. The Morgan fingerprint density at radius 3 is 1.19 bits per heavy atom. The molecular formula is C36H46FNO21. The van der Waals surface area contributed by atoms with Crippen molar-refractivity contribution < 1.29 is 105 Å². The lowest BCUT2D eigenvalue weighted by Gasteiger charge is -2.44. The van der Waals surface area contributed by atoms with Gasteiger partial charge in [0.25, 0.3) is 0 Å². The molecule has 0 spiro atoms. The summed E-state index contributed by atoms with van der Waals surface area (Å²) < 4.78 is 81.8. The van der Waals surface area contributed by atoms with Gasteiger partial charge in [-0.15, -0.1) is 0 Å². The van der Waals surface area contributed by atoms with Crippen LogP contribution >= 0.6 is 0 Å². The van der Waals surface area contributed by atoms with Gasteiger partial charge in [0.15, 0.2) is 49.2 Å². The number of hydrogen-bond donors (Lipinski definition) is 1. The molecule has 0 saturated carbocycles. The maximum atomic E-state index is 15.8. The van der Waals surface area contributed by atoms with Crippen molar-refractivity contribution in [3.63, 3.8) is 0 Å². The quantitative estimate of drug-likeness (QED) is 0.134. The number of halogens is 1. The number of nitrogens with zero attached hydrogens (tertiary/aromatic N) is 1. The Morgan fingerprint density at radius 2 is 0.847 bits per heavy atom. The molecule has 0 unspecified atom stereocenters. The van der Waals surface area contributed by atoms with Crippen LogP contribution in [0.1, 0.15) is 72.2 Å². The van der Waals surface area contributed by atoms with Crippen LogP contribution in [0.2, 0.25) is 0 Å². The molecule has 0 aromatic carbocycles. The Bertz CT molecular complexity index is 1750. The third-order valence-electron chi connectivity index (χ3n) is 8.19. The smallest absolute Gasteiger partial charge is 0.303 e. The van der Waals surface area contributed by atoms with Crippen molar-refractivity contribution in [1.82, 2.24) is 4.98 Å². The molecule has 1 aromatic rings. The minimum Gasteiger partial charge on any atom is -0.506 e. The van der Waals surface area contributed by atoms with E-state index in [9.17, 15) is 43.5 Å². The van der Waals surface area contributed by atoms with Gasteiger partial charge >= 0.3 is 47.8 Å². The maximum absolute atomic E-state index is 15.8. The van der Waals surface area contributed by atoms with Crippen molar-refractivity contribution in [2.24, 2.45) is 0 Å². The molecule has 3 rings (SSSR count). The molecule has 22 nitrogen and oxygen atoms in total. The summed E-state index contributed by atoms with van der Waals surface area (Å²) in [5, 5.41) is 11.2. The third-order valence-corrected chi connectivity index (χ3v) is 8.19. The van der Waals surface area contributed by atoms with Crippen LogP contribution in [0.4, 0.5) is 4.39 Å². The molecule has 0 aliphatic carbocycles. The minimum absolute atomic E-state index is 0.237. The molecule has 3 heterocycles. The monoisotopic (exact) mass is 847 g/mol. The predicted octanol–water partition coefficient (Wildman–Crippen LogP) is 0.434. The Hall–Kier alpha value is -5.52. The van der Waals surface area contributed by atoms with Gasteiger partial charge in [-0.3, -0.25) is 38.4 Å². The summed E-state index contributed by atoms with van der Waals surface area (Å²) in [7, 11) is 0. The third kappa shape index (κ3) is 13.8. The van der Waals surface area contributed by atoms with Gasteiger partial charge in [0.2, 0.25) is 5.95 Å². The first-order chi connectivity index (χ1) is 27.6. The number of aromatic hydroxyl groups is 1. The van der Waals surface area contributed by atoms with E-state index in [1.807, 2.05) is 0 Å². The fourth-order valence-corrected chi connectivity index (χ4v) is 6.03. The molecule has 0 bridgehead atoms. The molecule has 328 valence electrons. The van der Waals surface area contributed by atoms with E-state index in [-0.39, 0.29) is 11.3 Å². The van der Waals surface area contributed by atoms with E-state index in [1.165, 1.54) is 6.92 Å². The van der Waals surface area contributed by atoms with E-state index in [0.717, 1.165) is 55.4 Å². The van der Waals surface area contributed by atoms with Crippen molar-refractivity contribution in [3.05, 3.63) is 22.8 Å². The standard InChI is InChI=1S/C36H46FNO21/c1-14-27(47)23(10-50-35-32(56-21(8)45)30(54-19(6)43)28(52-17(4)41)25(58-35)12-48-15(2)39)24(34(37)38-14)11-51-36-33(57-22(9)46)31(55-20(7)44)29(53-18(5)42)26(59-36)13-49-16(3)40/h25-26,28-33,35-36,47H,10-13H2,1-9H3/t25-,26-,28-,29-,30+,31+,32+,33+,35+,36+/m1/s1. The van der Waals surface area contributed by atoms with Crippen LogP contribution in [0.5, 0.6) is 5.75 Å². The minimum atomic E-state index is -1.77. The molecular weight excluding hydrogens is 801 g/mol. The summed E-state index contributed by atoms with van der Waals surface area (Å²) >= 11 is 0. The Kier molecular flexibility index (Phi) is 17.4. The summed E-state index contributed by atoms with van der Waals surface area (Å²) in [6, 6.07) is 0. The molecule has 59 heavy (non-hydrogen) atoms. The largest absolute Gasteiger partial charge is 0.506 e. The van der Waals surface area contributed by atoms with Gasteiger partial charge in [-0.25, -0.2) is 4.98 Å². The van der Waals surface area contributed by atoms with Crippen LogP contribution in [0.3, 0.4) is 0 Å². The lowest BCUT2D eigenvalue weighted by Crippen LogP contribution is -2.63. The van der Waals surface area contributed by atoms with E-state index < -0.39 is 153 Å². The number of ether oxygens (including phenoxy) is 12. The zero-order valence-electron chi connectivity index (χ0n) is 33.5. The molecule has 2 aliphatic heterocycles. The molecule has 2 saturated heterocycles. The van der Waals surface area contributed by atoms with Crippen molar-refractivity contribution in [3.8, 4) is 5.75 Å². The lowest BCUT2D eigenvalue weighted by atomic mass is 9.98. The summed E-state index contributed by atoms with van der Waals surface area (Å²) in [6.07, 6.45) is -16.0. The fraction of sp³-hybridized carbons (Fsp3) is 0.639. The number of carbonyl (C=O) groups excluding carboxylic acids is 8. The SMILES string of the molecule is CC(=O)OC[C@H]1O[C@H](OCc2c(F)nc(C)c(O)c2CO[C@H]2O[C@H](COC(C)=O)[C@@H](OC(C)=O)[C@H](OC(C)=O)[C@@H]2OC(C)=O)[C@@H](OC(C)=O)[C@@H](OC(C)=O)[C@@H]1OC(C)=O. The maximum Gasteiger partial charge on any atom is 0.303 e. The number of hydrogen-bond acceptors (Lipinski definition) is 22. The van der Waals surface area contributed by atoms with Gasteiger partial charge in [0.1, 0.15) is 31.2 Å². The number of carbonyl (C=O) groups is 8. The zero-order chi connectivity index (χ0) is 44.3. The Balaban J connectivity index is 2.06. The number of aromatic nitrogens is 1. The van der Waals surface area contributed by atoms with Crippen molar-refractivity contribution >= 4 is 47.8 Å². The summed E-state index contributed by atoms with van der Waals surface area (Å²) in [5.74, 6) is -8.85. The molecule has 1 aromatic heterocycles.